The molecular formula is C16H18N2O3. The molecule has 5 nitrogen and oxygen atoms in total. The first-order valence-electron chi connectivity index (χ1n) is 7.24. The number of carboxylic acid groups (broad SMARTS) is 1. The van der Waals surface area contributed by atoms with Gasteiger partial charge in [0.15, 0.2) is 0 Å². The van der Waals surface area contributed by atoms with Crippen molar-refractivity contribution in [2.24, 2.45) is 23.7 Å². The first-order valence-corrected chi connectivity index (χ1v) is 7.24. The zero-order chi connectivity index (χ0) is 14.8. The van der Waals surface area contributed by atoms with Crippen LogP contribution < -0.4 is 5.32 Å². The van der Waals surface area contributed by atoms with Crippen LogP contribution in [-0.4, -0.2) is 22.0 Å². The highest BCUT2D eigenvalue weighted by Gasteiger charge is 2.47. The van der Waals surface area contributed by atoms with E-state index in [1.807, 2.05) is 24.3 Å². The van der Waals surface area contributed by atoms with E-state index in [1.54, 1.807) is 12.4 Å². The smallest absolute Gasteiger partial charge is 0.307 e. The maximum absolute atomic E-state index is 12.4. The Morgan fingerprint density at radius 3 is 2.52 bits per heavy atom. The van der Waals surface area contributed by atoms with Crippen LogP contribution >= 0.6 is 0 Å². The van der Waals surface area contributed by atoms with Crippen LogP contribution in [0.4, 0.5) is 0 Å². The van der Waals surface area contributed by atoms with Crippen LogP contribution in [0.3, 0.4) is 0 Å². The molecule has 110 valence electrons. The number of hydrogen-bond donors (Lipinski definition) is 2. The molecule has 0 saturated heterocycles. The van der Waals surface area contributed by atoms with Gasteiger partial charge in [-0.3, -0.25) is 14.6 Å². The Kier molecular flexibility index (Phi) is 3.73. The molecule has 3 aliphatic rings. The fourth-order valence-corrected chi connectivity index (χ4v) is 3.50. The zero-order valence-corrected chi connectivity index (χ0v) is 11.6. The number of amides is 1. The molecule has 1 amide bonds. The highest BCUT2D eigenvalue weighted by atomic mass is 16.4. The molecule has 4 atom stereocenters. The average Bonchev–Trinajstić information content (AvgIpc) is 2.53. The number of nitrogens with zero attached hydrogens (tertiary/aromatic N) is 1. The molecule has 0 spiro atoms. The Balaban J connectivity index is 1.71. The summed E-state index contributed by atoms with van der Waals surface area (Å²) >= 11 is 0. The monoisotopic (exact) mass is 286 g/mol. The Hall–Kier alpha value is -2.17. The number of carbonyl (C=O) groups is 2. The third-order valence-corrected chi connectivity index (χ3v) is 4.53. The zero-order valence-electron chi connectivity index (χ0n) is 11.6. The van der Waals surface area contributed by atoms with E-state index in [2.05, 4.69) is 10.3 Å². The summed E-state index contributed by atoms with van der Waals surface area (Å²) in [5.41, 5.74) is 0.911. The van der Waals surface area contributed by atoms with Crippen LogP contribution in [0.5, 0.6) is 0 Å². The topological polar surface area (TPSA) is 79.3 Å². The molecule has 1 aromatic rings. The van der Waals surface area contributed by atoms with E-state index in [9.17, 15) is 14.7 Å². The summed E-state index contributed by atoms with van der Waals surface area (Å²) < 4.78 is 0. The number of carbonyl (C=O) groups excluding carboxylic acids is 1. The third-order valence-electron chi connectivity index (χ3n) is 4.53. The van der Waals surface area contributed by atoms with Gasteiger partial charge in [0.05, 0.1) is 11.8 Å². The summed E-state index contributed by atoms with van der Waals surface area (Å²) in [4.78, 5) is 28.0. The fraction of sp³-hybridized carbons (Fsp3) is 0.438. The quantitative estimate of drug-likeness (QED) is 0.824. The van der Waals surface area contributed by atoms with Crippen molar-refractivity contribution >= 4 is 11.9 Å². The minimum absolute atomic E-state index is 0.0124. The van der Waals surface area contributed by atoms with Crippen molar-refractivity contribution in [3.63, 3.8) is 0 Å². The van der Waals surface area contributed by atoms with Crippen molar-refractivity contribution in [2.75, 3.05) is 0 Å². The first kappa shape index (κ1) is 13.8. The summed E-state index contributed by atoms with van der Waals surface area (Å²) in [7, 11) is 0. The number of rotatable bonds is 4. The molecular weight excluding hydrogens is 268 g/mol. The lowest BCUT2D eigenvalue weighted by molar-refractivity contribution is -0.153. The molecule has 1 fully saturated rings. The normalized spacial score (nSPS) is 30.1. The van der Waals surface area contributed by atoms with Gasteiger partial charge in [-0.05, 0) is 36.3 Å². The van der Waals surface area contributed by atoms with Crippen LogP contribution in [0.25, 0.3) is 0 Å². The van der Waals surface area contributed by atoms with Gasteiger partial charge in [-0.2, -0.15) is 0 Å². The van der Waals surface area contributed by atoms with E-state index in [4.69, 9.17) is 0 Å². The predicted octanol–water partition coefficient (Wildman–Crippen LogP) is 1.61. The SMILES string of the molecule is O=C(O)[C@@H]1[C@H](C(=O)NCc2cccnc2)[C@H]2C=C[C@H]1CC2. The number of hydrogen-bond acceptors (Lipinski definition) is 3. The summed E-state index contributed by atoms with van der Waals surface area (Å²) in [5, 5.41) is 12.3. The molecule has 2 bridgehead atoms. The number of nitrogens with one attached hydrogen (secondary N) is 1. The lowest BCUT2D eigenvalue weighted by Gasteiger charge is -2.41. The van der Waals surface area contributed by atoms with Crippen molar-refractivity contribution in [1.29, 1.82) is 0 Å². The molecule has 1 aromatic heterocycles. The molecule has 5 heteroatoms. The number of pyridine rings is 1. The molecule has 1 heterocycles. The number of allylic oxidation sites excluding steroid dienone is 2. The molecule has 1 saturated carbocycles. The maximum Gasteiger partial charge on any atom is 0.307 e. The predicted molar refractivity (Wildman–Crippen MR) is 76.1 cm³/mol. The lowest BCUT2D eigenvalue weighted by Crippen LogP contribution is -2.48. The largest absolute Gasteiger partial charge is 0.481 e. The van der Waals surface area contributed by atoms with Gasteiger partial charge in [-0.15, -0.1) is 0 Å². The van der Waals surface area contributed by atoms with E-state index in [0.717, 1.165) is 18.4 Å². The second-order valence-corrected chi connectivity index (χ2v) is 5.76. The Bertz CT molecular complexity index is 570. The molecule has 0 aromatic carbocycles. The third kappa shape index (κ3) is 2.68. The van der Waals surface area contributed by atoms with Crippen LogP contribution in [0, 0.1) is 23.7 Å². The Morgan fingerprint density at radius 1 is 1.24 bits per heavy atom. The van der Waals surface area contributed by atoms with Gasteiger partial charge in [-0.25, -0.2) is 0 Å². The molecule has 21 heavy (non-hydrogen) atoms. The lowest BCUT2D eigenvalue weighted by atomic mass is 9.62. The summed E-state index contributed by atoms with van der Waals surface area (Å²) in [6.45, 7) is 0.386. The summed E-state index contributed by atoms with van der Waals surface area (Å²) in [5.74, 6) is -2.04. The van der Waals surface area contributed by atoms with Crippen LogP contribution in [0.2, 0.25) is 0 Å². The molecule has 0 unspecified atom stereocenters. The fourth-order valence-electron chi connectivity index (χ4n) is 3.50. The molecule has 4 rings (SSSR count). The summed E-state index contributed by atoms with van der Waals surface area (Å²) in [6, 6.07) is 3.70. The molecule has 0 radical (unpaired) electrons. The van der Waals surface area contributed by atoms with Gasteiger partial charge in [0.25, 0.3) is 0 Å². The first-order chi connectivity index (χ1) is 10.2. The Labute approximate surface area is 123 Å². The van der Waals surface area contributed by atoms with Crippen molar-refractivity contribution in [3.05, 3.63) is 42.2 Å². The minimum Gasteiger partial charge on any atom is -0.481 e. The average molecular weight is 286 g/mol. The standard InChI is InChI=1S/C16H18N2O3/c19-15(18-9-10-2-1-7-17-8-10)13-11-3-5-12(6-4-11)14(13)16(20)21/h1-3,5,7-8,11-14H,4,6,9H2,(H,18,19)(H,20,21)/t11-,12-,13+,14-/m0/s1. The molecule has 3 aliphatic carbocycles. The van der Waals surface area contributed by atoms with Crippen LogP contribution in [0.15, 0.2) is 36.7 Å². The number of carboxylic acids is 1. The number of aromatic nitrogens is 1. The van der Waals surface area contributed by atoms with Gasteiger partial charge in [0, 0.05) is 18.9 Å². The Morgan fingerprint density at radius 2 is 1.95 bits per heavy atom. The van der Waals surface area contributed by atoms with Crippen molar-refractivity contribution in [1.82, 2.24) is 10.3 Å². The van der Waals surface area contributed by atoms with E-state index in [-0.39, 0.29) is 17.7 Å². The van der Waals surface area contributed by atoms with Gasteiger partial charge >= 0.3 is 5.97 Å². The second-order valence-electron chi connectivity index (χ2n) is 5.76. The van der Waals surface area contributed by atoms with E-state index in [0.29, 0.717) is 6.54 Å². The van der Waals surface area contributed by atoms with Gasteiger partial charge in [0.2, 0.25) is 5.91 Å². The van der Waals surface area contributed by atoms with Gasteiger partial charge < -0.3 is 10.4 Å². The highest BCUT2D eigenvalue weighted by Crippen LogP contribution is 2.45. The second kappa shape index (κ2) is 5.68. The molecule has 2 N–H and O–H groups in total. The van der Waals surface area contributed by atoms with Crippen LogP contribution in [-0.2, 0) is 16.1 Å². The van der Waals surface area contributed by atoms with E-state index in [1.165, 1.54) is 0 Å². The summed E-state index contributed by atoms with van der Waals surface area (Å²) in [6.07, 6.45) is 9.12. The minimum atomic E-state index is -0.865. The number of aliphatic carboxylic acids is 1. The van der Waals surface area contributed by atoms with E-state index < -0.39 is 17.8 Å². The van der Waals surface area contributed by atoms with Crippen molar-refractivity contribution in [3.8, 4) is 0 Å². The highest BCUT2D eigenvalue weighted by molar-refractivity contribution is 5.86. The van der Waals surface area contributed by atoms with Gasteiger partial charge in [-0.1, -0.05) is 18.2 Å². The van der Waals surface area contributed by atoms with Crippen molar-refractivity contribution < 1.29 is 14.7 Å². The van der Waals surface area contributed by atoms with E-state index >= 15 is 0 Å². The maximum atomic E-state index is 12.4. The van der Waals surface area contributed by atoms with Crippen molar-refractivity contribution in [2.45, 2.75) is 19.4 Å². The molecule has 0 aliphatic heterocycles. The van der Waals surface area contributed by atoms with Gasteiger partial charge in [0.1, 0.15) is 0 Å². The van der Waals surface area contributed by atoms with Crippen LogP contribution in [0.1, 0.15) is 18.4 Å². The number of fused-ring (bicyclic) bond motifs is 2.